The number of Topliss-reactive ketones (excluding diaryl/α,β-unsaturated/α-hetero) is 1. The molecule has 0 aromatic heterocycles. The number of carbonyl (C=O) groups excluding carboxylic acids is 1. The van der Waals surface area contributed by atoms with Gasteiger partial charge in [-0.2, -0.15) is 0 Å². The van der Waals surface area contributed by atoms with Gasteiger partial charge in [-0.25, -0.2) is 4.39 Å². The van der Waals surface area contributed by atoms with E-state index in [-0.39, 0.29) is 29.8 Å². The summed E-state index contributed by atoms with van der Waals surface area (Å²) in [6.45, 7) is 3.06. The van der Waals surface area contributed by atoms with Crippen molar-refractivity contribution in [3.05, 3.63) is 59.3 Å². The van der Waals surface area contributed by atoms with Crippen molar-refractivity contribution in [3.8, 4) is 0 Å². The molecule has 4 nitrogen and oxygen atoms in total. The van der Waals surface area contributed by atoms with Gasteiger partial charge in [0.25, 0.3) is 0 Å². The van der Waals surface area contributed by atoms with E-state index in [0.717, 1.165) is 23.5 Å². The van der Waals surface area contributed by atoms with Gasteiger partial charge >= 0.3 is 0 Å². The van der Waals surface area contributed by atoms with Crippen LogP contribution < -0.4 is 0 Å². The molecule has 0 aliphatic heterocycles. The first-order valence-corrected chi connectivity index (χ1v) is 9.86. The molecule has 0 spiro atoms. The van der Waals surface area contributed by atoms with Gasteiger partial charge in [0.2, 0.25) is 0 Å². The van der Waals surface area contributed by atoms with E-state index in [2.05, 4.69) is 17.5 Å². The van der Waals surface area contributed by atoms with Crippen molar-refractivity contribution in [1.29, 1.82) is 0 Å². The summed E-state index contributed by atoms with van der Waals surface area (Å²) in [5, 5.41) is 13.2. The number of hydrogen-bond acceptors (Lipinski definition) is 5. The van der Waals surface area contributed by atoms with Gasteiger partial charge in [-0.1, -0.05) is 35.1 Å². The average Bonchev–Trinajstić information content (AvgIpc) is 2.65. The Morgan fingerprint density at radius 1 is 1.56 bits per heavy atom. The van der Waals surface area contributed by atoms with Crippen LogP contribution in [-0.4, -0.2) is 29.0 Å². The lowest BCUT2D eigenvalue weighted by Crippen LogP contribution is -2.19. The van der Waals surface area contributed by atoms with Crippen LogP contribution in [0.2, 0.25) is 5.02 Å². The number of rotatable bonds is 9. The van der Waals surface area contributed by atoms with E-state index >= 15 is 0 Å². The lowest BCUT2D eigenvalue weighted by Gasteiger charge is -2.21. The number of oxime groups is 1. The molecule has 0 radical (unpaired) electrons. The van der Waals surface area contributed by atoms with E-state index in [4.69, 9.17) is 16.4 Å². The lowest BCUT2D eigenvalue weighted by atomic mass is 9.85. The Labute approximate surface area is 167 Å². The van der Waals surface area contributed by atoms with Gasteiger partial charge in [0.1, 0.15) is 5.82 Å². The van der Waals surface area contributed by atoms with Crippen molar-refractivity contribution in [3.63, 3.8) is 0 Å². The van der Waals surface area contributed by atoms with Crippen LogP contribution in [-0.2, 0) is 9.63 Å². The van der Waals surface area contributed by atoms with E-state index in [1.54, 1.807) is 23.9 Å². The highest BCUT2D eigenvalue weighted by Gasteiger charge is 2.22. The zero-order chi connectivity index (χ0) is 19.6. The molecular weight excluding hydrogens is 389 g/mol. The predicted molar refractivity (Wildman–Crippen MR) is 106 cm³/mol. The number of benzene rings is 1. The number of aliphatic hydroxyl groups excluding tert-OH is 1. The second-order valence-electron chi connectivity index (χ2n) is 6.09. The molecule has 1 aliphatic carbocycles. The Morgan fingerprint density at radius 3 is 3.04 bits per heavy atom. The number of aliphatic hydroxyl groups is 1. The molecule has 0 amide bonds. The van der Waals surface area contributed by atoms with Gasteiger partial charge in [-0.15, -0.1) is 11.8 Å². The van der Waals surface area contributed by atoms with E-state index in [1.165, 1.54) is 12.3 Å². The third-order valence-electron chi connectivity index (χ3n) is 4.11. The maximum absolute atomic E-state index is 13.2. The summed E-state index contributed by atoms with van der Waals surface area (Å²) >= 11 is 7.38. The summed E-state index contributed by atoms with van der Waals surface area (Å²) in [6.07, 6.45) is 5.53. The number of nitrogens with zero attached hydrogens (tertiary/aromatic N) is 1. The molecule has 0 saturated carbocycles. The van der Waals surface area contributed by atoms with Crippen LogP contribution >= 0.6 is 23.4 Å². The monoisotopic (exact) mass is 409 g/mol. The second-order valence-corrected chi connectivity index (χ2v) is 7.67. The molecule has 0 bridgehead atoms. The van der Waals surface area contributed by atoms with E-state index in [1.807, 2.05) is 6.08 Å². The molecule has 1 atom stereocenters. The molecule has 0 saturated heterocycles. The number of carbonyl (C=O) groups is 1. The van der Waals surface area contributed by atoms with Crippen molar-refractivity contribution < 1.29 is 19.1 Å². The van der Waals surface area contributed by atoms with Gasteiger partial charge < -0.3 is 9.94 Å². The molecule has 1 aliphatic rings. The first-order chi connectivity index (χ1) is 13.0. The van der Waals surface area contributed by atoms with Crippen LogP contribution in [0.25, 0.3) is 0 Å². The Balaban J connectivity index is 1.83. The van der Waals surface area contributed by atoms with Gasteiger partial charge in [-0.05, 0) is 48.3 Å². The maximum atomic E-state index is 13.2. The topological polar surface area (TPSA) is 58.9 Å². The third kappa shape index (κ3) is 7.00. The van der Waals surface area contributed by atoms with Gasteiger partial charge in [0.15, 0.2) is 12.0 Å². The summed E-state index contributed by atoms with van der Waals surface area (Å²) < 4.78 is 13.2. The van der Waals surface area contributed by atoms with Crippen molar-refractivity contribution >= 4 is 34.9 Å². The zero-order valence-electron chi connectivity index (χ0n) is 14.8. The first-order valence-electron chi connectivity index (χ1n) is 8.50. The first kappa shape index (κ1) is 21.5. The Kier molecular flexibility index (Phi) is 8.82. The summed E-state index contributed by atoms with van der Waals surface area (Å²) in [6, 6.07) is 4.68. The number of hydrogen-bond donors (Lipinski definition) is 1. The summed E-state index contributed by atoms with van der Waals surface area (Å²) in [4.78, 5) is 18.1. The van der Waals surface area contributed by atoms with Crippen molar-refractivity contribution in [2.24, 2.45) is 11.1 Å². The molecule has 144 valence electrons. The van der Waals surface area contributed by atoms with Crippen LogP contribution in [0.4, 0.5) is 4.39 Å². The number of allylic oxidation sites excluding steroid dienone is 2. The van der Waals surface area contributed by atoms with E-state index < -0.39 is 5.82 Å². The van der Waals surface area contributed by atoms with E-state index in [9.17, 15) is 14.3 Å². The fourth-order valence-corrected chi connectivity index (χ4v) is 3.97. The van der Waals surface area contributed by atoms with Crippen LogP contribution in [0.1, 0.15) is 25.7 Å². The van der Waals surface area contributed by atoms with Crippen molar-refractivity contribution in [2.45, 2.75) is 30.6 Å². The minimum absolute atomic E-state index is 0.0708. The Hall–Kier alpha value is -1.85. The summed E-state index contributed by atoms with van der Waals surface area (Å²) in [5.74, 6) is 0.752. The van der Waals surface area contributed by atoms with Crippen LogP contribution in [0.5, 0.6) is 0 Å². The highest BCUT2D eigenvalue weighted by Crippen LogP contribution is 2.30. The molecule has 0 heterocycles. The number of ketones is 1. The molecule has 2 rings (SSSR count). The molecule has 0 fully saturated rings. The SMILES string of the molecule is C=C=CO/N=C(\CO)CC1=CCC(CCSc2ccc(F)c(Cl)c2)CC1=O. The molecule has 27 heavy (non-hydrogen) atoms. The fourth-order valence-electron chi connectivity index (χ4n) is 2.68. The van der Waals surface area contributed by atoms with Crippen molar-refractivity contribution in [2.75, 3.05) is 12.4 Å². The summed E-state index contributed by atoms with van der Waals surface area (Å²) in [7, 11) is 0. The molecular formula is C20H21ClFNO3S. The second kappa shape index (κ2) is 11.1. The standard InChI is InChI=1S/C20H21ClFNO3S/c1-2-8-26-23-16(13-24)11-15-4-3-14(10-20(15)25)7-9-27-17-5-6-19(22)18(21)12-17/h4-6,8,12,14,24H,1,3,7,9-11,13H2/b23-16-. The predicted octanol–water partition coefficient (Wildman–Crippen LogP) is 4.92. The Bertz CT molecular complexity index is 787. The zero-order valence-corrected chi connectivity index (χ0v) is 16.4. The van der Waals surface area contributed by atoms with Crippen LogP contribution in [0, 0.1) is 11.7 Å². The average molecular weight is 410 g/mol. The highest BCUT2D eigenvalue weighted by atomic mass is 35.5. The third-order valence-corrected chi connectivity index (χ3v) is 5.43. The quantitative estimate of drug-likeness (QED) is 0.207. The van der Waals surface area contributed by atoms with Gasteiger partial charge in [0, 0.05) is 17.7 Å². The molecule has 7 heteroatoms. The summed E-state index contributed by atoms with van der Waals surface area (Å²) in [5.41, 5.74) is 3.44. The highest BCUT2D eigenvalue weighted by molar-refractivity contribution is 7.99. The van der Waals surface area contributed by atoms with Gasteiger partial charge in [-0.3, -0.25) is 4.79 Å². The molecule has 1 unspecified atom stereocenters. The number of halogens is 2. The Morgan fingerprint density at radius 2 is 2.37 bits per heavy atom. The molecule has 1 N–H and O–H groups in total. The van der Waals surface area contributed by atoms with Crippen molar-refractivity contribution in [1.82, 2.24) is 0 Å². The smallest absolute Gasteiger partial charge is 0.163 e. The normalized spacial score (nSPS) is 17.3. The van der Waals surface area contributed by atoms with E-state index in [0.29, 0.717) is 17.7 Å². The number of thioether (sulfide) groups is 1. The molecule has 1 aromatic carbocycles. The van der Waals surface area contributed by atoms with Crippen LogP contribution in [0.3, 0.4) is 0 Å². The lowest BCUT2D eigenvalue weighted by molar-refractivity contribution is -0.116. The minimum atomic E-state index is -0.423. The van der Waals surface area contributed by atoms with Crippen LogP contribution in [0.15, 0.2) is 58.5 Å². The van der Waals surface area contributed by atoms with Gasteiger partial charge in [0.05, 0.1) is 17.3 Å². The largest absolute Gasteiger partial charge is 0.390 e. The molecule has 1 aromatic rings. The maximum Gasteiger partial charge on any atom is 0.163 e. The minimum Gasteiger partial charge on any atom is -0.390 e. The fraction of sp³-hybridized carbons (Fsp3) is 0.350.